The largest absolute Gasteiger partial charge is 0.422 e. The van der Waals surface area contributed by atoms with E-state index in [2.05, 4.69) is 26.2 Å². The van der Waals surface area contributed by atoms with E-state index in [9.17, 15) is 9.59 Å². The van der Waals surface area contributed by atoms with Crippen LogP contribution in [0.3, 0.4) is 0 Å². The Morgan fingerprint density at radius 3 is 2.24 bits per heavy atom. The fraction of sp³-hybridized carbons (Fsp3) is 0.0556. The minimum Gasteiger partial charge on any atom is -0.422 e. The zero-order valence-electron chi connectivity index (χ0n) is 13.2. The van der Waals surface area contributed by atoms with Gasteiger partial charge >= 0.3 is 5.97 Å². The molecule has 1 amide bonds. The van der Waals surface area contributed by atoms with Crippen LogP contribution in [-0.2, 0) is 4.79 Å². The first kappa shape index (κ1) is 17.3. The SMILES string of the molecule is CC(=O)Nc1nc(C(=O)Oc2ccc(-c3ccc(Br)cc3)cc2)cs1. The molecule has 1 N–H and O–H groups in total. The minimum atomic E-state index is -0.566. The summed E-state index contributed by atoms with van der Waals surface area (Å²) < 4.78 is 6.33. The van der Waals surface area contributed by atoms with Gasteiger partial charge in [-0.1, -0.05) is 40.2 Å². The zero-order chi connectivity index (χ0) is 17.8. The van der Waals surface area contributed by atoms with Crippen molar-refractivity contribution in [1.29, 1.82) is 0 Å². The molecule has 25 heavy (non-hydrogen) atoms. The molecule has 3 aromatic rings. The molecule has 0 aliphatic carbocycles. The second-order valence-corrected chi connectivity index (χ2v) is 6.91. The van der Waals surface area contributed by atoms with Crippen molar-refractivity contribution in [1.82, 2.24) is 4.98 Å². The molecule has 0 radical (unpaired) electrons. The third-order valence-corrected chi connectivity index (χ3v) is 4.53. The number of hydrogen-bond donors (Lipinski definition) is 1. The molecule has 3 rings (SSSR count). The smallest absolute Gasteiger partial charge is 0.363 e. The number of ether oxygens (including phenoxy) is 1. The number of carbonyl (C=O) groups is 2. The van der Waals surface area contributed by atoms with Crippen molar-refractivity contribution >= 4 is 44.3 Å². The third kappa shape index (κ3) is 4.52. The van der Waals surface area contributed by atoms with E-state index in [0.29, 0.717) is 10.9 Å². The molecule has 2 aromatic carbocycles. The molecule has 0 atom stereocenters. The molecule has 126 valence electrons. The van der Waals surface area contributed by atoms with E-state index in [-0.39, 0.29) is 11.6 Å². The second kappa shape index (κ2) is 7.58. The average molecular weight is 417 g/mol. The molecule has 0 fully saturated rings. The van der Waals surface area contributed by atoms with Gasteiger partial charge < -0.3 is 10.1 Å². The highest BCUT2D eigenvalue weighted by atomic mass is 79.9. The van der Waals surface area contributed by atoms with Crippen molar-refractivity contribution in [2.24, 2.45) is 0 Å². The van der Waals surface area contributed by atoms with Crippen LogP contribution in [0.1, 0.15) is 17.4 Å². The highest BCUT2D eigenvalue weighted by Crippen LogP contribution is 2.25. The van der Waals surface area contributed by atoms with Crippen LogP contribution < -0.4 is 10.1 Å². The number of benzene rings is 2. The maximum absolute atomic E-state index is 12.1. The van der Waals surface area contributed by atoms with Crippen LogP contribution in [0.2, 0.25) is 0 Å². The predicted molar refractivity (Wildman–Crippen MR) is 101 cm³/mol. The zero-order valence-corrected chi connectivity index (χ0v) is 15.6. The van der Waals surface area contributed by atoms with Gasteiger partial charge in [-0.15, -0.1) is 11.3 Å². The van der Waals surface area contributed by atoms with Gasteiger partial charge in [0.15, 0.2) is 10.8 Å². The van der Waals surface area contributed by atoms with Crippen LogP contribution in [0.4, 0.5) is 5.13 Å². The normalized spacial score (nSPS) is 10.3. The highest BCUT2D eigenvalue weighted by molar-refractivity contribution is 9.10. The number of halogens is 1. The van der Waals surface area contributed by atoms with Crippen molar-refractivity contribution in [3.8, 4) is 16.9 Å². The molecule has 0 aliphatic heterocycles. The summed E-state index contributed by atoms with van der Waals surface area (Å²) in [5.41, 5.74) is 2.25. The molecular weight excluding hydrogens is 404 g/mol. The first-order valence-corrected chi connectivity index (χ1v) is 9.00. The number of nitrogens with zero attached hydrogens (tertiary/aromatic N) is 1. The number of rotatable bonds is 4. The van der Waals surface area contributed by atoms with E-state index in [1.165, 1.54) is 18.3 Å². The van der Waals surface area contributed by atoms with Gasteiger partial charge in [-0.05, 0) is 35.4 Å². The number of thiazole rings is 1. The molecule has 1 aromatic heterocycles. The van der Waals surface area contributed by atoms with Crippen LogP contribution in [-0.4, -0.2) is 16.9 Å². The Bertz CT molecular complexity index is 905. The van der Waals surface area contributed by atoms with E-state index in [1.54, 1.807) is 17.5 Å². The first-order valence-electron chi connectivity index (χ1n) is 7.32. The Kier molecular flexibility index (Phi) is 5.25. The molecular formula is C18H13BrN2O3S. The van der Waals surface area contributed by atoms with Gasteiger partial charge in [0, 0.05) is 16.8 Å². The Morgan fingerprint density at radius 1 is 1.04 bits per heavy atom. The number of aromatic nitrogens is 1. The lowest BCUT2D eigenvalue weighted by Gasteiger charge is -2.05. The summed E-state index contributed by atoms with van der Waals surface area (Å²) in [5.74, 6) is -0.373. The molecule has 0 bridgehead atoms. The summed E-state index contributed by atoms with van der Waals surface area (Å²) in [5, 5.41) is 4.44. The summed E-state index contributed by atoms with van der Waals surface area (Å²) in [7, 11) is 0. The predicted octanol–water partition coefficient (Wildman–Crippen LogP) is 4.75. The fourth-order valence-electron chi connectivity index (χ4n) is 2.09. The maximum Gasteiger partial charge on any atom is 0.363 e. The van der Waals surface area contributed by atoms with Crippen molar-refractivity contribution in [2.45, 2.75) is 6.92 Å². The van der Waals surface area contributed by atoms with E-state index >= 15 is 0 Å². The van der Waals surface area contributed by atoms with E-state index in [4.69, 9.17) is 4.74 Å². The van der Waals surface area contributed by atoms with Gasteiger partial charge in [-0.2, -0.15) is 0 Å². The van der Waals surface area contributed by atoms with Gasteiger partial charge in [-0.3, -0.25) is 4.79 Å². The highest BCUT2D eigenvalue weighted by Gasteiger charge is 2.14. The monoisotopic (exact) mass is 416 g/mol. The lowest BCUT2D eigenvalue weighted by Crippen LogP contribution is -2.10. The van der Waals surface area contributed by atoms with E-state index in [0.717, 1.165) is 15.6 Å². The summed E-state index contributed by atoms with van der Waals surface area (Å²) in [6.07, 6.45) is 0. The molecule has 0 saturated carbocycles. The van der Waals surface area contributed by atoms with Crippen molar-refractivity contribution in [3.63, 3.8) is 0 Å². The Labute approximate surface area is 156 Å². The summed E-state index contributed by atoms with van der Waals surface area (Å²) in [6.45, 7) is 1.38. The average Bonchev–Trinajstić information content (AvgIpc) is 3.04. The molecule has 0 saturated heterocycles. The molecule has 7 heteroatoms. The number of anilines is 1. The van der Waals surface area contributed by atoms with Crippen LogP contribution in [0, 0.1) is 0 Å². The van der Waals surface area contributed by atoms with Crippen molar-refractivity contribution < 1.29 is 14.3 Å². The van der Waals surface area contributed by atoms with Crippen LogP contribution in [0.15, 0.2) is 58.4 Å². The lowest BCUT2D eigenvalue weighted by atomic mass is 10.1. The maximum atomic E-state index is 12.1. The Hall–Kier alpha value is -2.51. The summed E-state index contributed by atoms with van der Waals surface area (Å²) >= 11 is 4.58. The molecule has 5 nitrogen and oxygen atoms in total. The molecule has 1 heterocycles. The number of carbonyl (C=O) groups excluding carboxylic acids is 2. The standard InChI is InChI=1S/C18H13BrN2O3S/c1-11(22)20-18-21-16(10-25-18)17(23)24-15-8-4-13(5-9-15)12-2-6-14(19)7-3-12/h2-10H,1H3,(H,20,21,22). The first-order chi connectivity index (χ1) is 12.0. The van der Waals surface area contributed by atoms with Crippen molar-refractivity contribution in [3.05, 3.63) is 64.1 Å². The van der Waals surface area contributed by atoms with E-state index in [1.807, 2.05) is 36.4 Å². The van der Waals surface area contributed by atoms with Crippen LogP contribution in [0.25, 0.3) is 11.1 Å². The third-order valence-electron chi connectivity index (χ3n) is 3.24. The summed E-state index contributed by atoms with van der Waals surface area (Å²) in [6, 6.07) is 15.2. The Balaban J connectivity index is 1.68. The quantitative estimate of drug-likeness (QED) is 0.492. The minimum absolute atomic E-state index is 0.158. The van der Waals surface area contributed by atoms with Gasteiger partial charge in [0.25, 0.3) is 0 Å². The van der Waals surface area contributed by atoms with Gasteiger partial charge in [0.05, 0.1) is 0 Å². The number of nitrogens with one attached hydrogen (secondary N) is 1. The van der Waals surface area contributed by atoms with E-state index < -0.39 is 5.97 Å². The topological polar surface area (TPSA) is 68.3 Å². The van der Waals surface area contributed by atoms with Crippen LogP contribution >= 0.6 is 27.3 Å². The van der Waals surface area contributed by atoms with Crippen LogP contribution in [0.5, 0.6) is 5.75 Å². The summed E-state index contributed by atoms with van der Waals surface area (Å²) in [4.78, 5) is 27.1. The van der Waals surface area contributed by atoms with Gasteiger partial charge in [0.1, 0.15) is 5.75 Å². The number of esters is 1. The number of amides is 1. The lowest BCUT2D eigenvalue weighted by molar-refractivity contribution is -0.114. The van der Waals surface area contributed by atoms with Gasteiger partial charge in [-0.25, -0.2) is 9.78 Å². The second-order valence-electron chi connectivity index (χ2n) is 5.14. The van der Waals surface area contributed by atoms with Gasteiger partial charge in [0.2, 0.25) is 5.91 Å². The molecule has 0 aliphatic rings. The van der Waals surface area contributed by atoms with Crippen molar-refractivity contribution in [2.75, 3.05) is 5.32 Å². The fourth-order valence-corrected chi connectivity index (χ4v) is 3.08. The molecule has 0 unspecified atom stereocenters. The Morgan fingerprint density at radius 2 is 1.64 bits per heavy atom. The number of hydrogen-bond acceptors (Lipinski definition) is 5. The molecule has 0 spiro atoms.